The zero-order valence-corrected chi connectivity index (χ0v) is 9.29. The molecule has 0 saturated carbocycles. The largest absolute Gasteiger partial charge is 0.494 e. The molecule has 0 unspecified atom stereocenters. The van der Waals surface area contributed by atoms with E-state index in [1.165, 1.54) is 25.3 Å². The molecule has 0 bridgehead atoms. The molecule has 0 fully saturated rings. The normalized spacial score (nSPS) is 12.0. The van der Waals surface area contributed by atoms with E-state index in [2.05, 4.69) is 5.32 Å². The van der Waals surface area contributed by atoms with E-state index in [4.69, 9.17) is 10.5 Å². The molecule has 3 N–H and O–H groups in total. The van der Waals surface area contributed by atoms with E-state index in [9.17, 15) is 9.18 Å². The number of benzene rings is 1. The Morgan fingerprint density at radius 2 is 2.31 bits per heavy atom. The first-order valence-corrected chi connectivity index (χ1v) is 4.98. The Morgan fingerprint density at radius 3 is 2.88 bits per heavy atom. The Morgan fingerprint density at radius 1 is 1.62 bits per heavy atom. The van der Waals surface area contributed by atoms with Crippen molar-refractivity contribution in [2.24, 2.45) is 5.73 Å². The van der Waals surface area contributed by atoms with E-state index in [1.54, 1.807) is 0 Å². The van der Waals surface area contributed by atoms with Crippen molar-refractivity contribution in [2.75, 3.05) is 12.4 Å². The van der Waals surface area contributed by atoms with Crippen LogP contribution in [0.25, 0.3) is 0 Å². The minimum absolute atomic E-state index is 0.275. The van der Waals surface area contributed by atoms with Crippen molar-refractivity contribution in [2.45, 2.75) is 19.4 Å². The predicted molar refractivity (Wildman–Crippen MR) is 59.8 cm³/mol. The number of methoxy groups -OCH3 is 1. The molecule has 0 saturated heterocycles. The molecule has 0 aliphatic heterocycles. The highest BCUT2D eigenvalue weighted by Gasteiger charge is 2.13. The van der Waals surface area contributed by atoms with Gasteiger partial charge < -0.3 is 15.8 Å². The van der Waals surface area contributed by atoms with Crippen molar-refractivity contribution in [1.29, 1.82) is 0 Å². The highest BCUT2D eigenvalue weighted by atomic mass is 19.1. The lowest BCUT2D eigenvalue weighted by Crippen LogP contribution is -2.34. The van der Waals surface area contributed by atoms with Gasteiger partial charge in [0.15, 0.2) is 0 Å². The Kier molecular flexibility index (Phi) is 4.25. The summed E-state index contributed by atoms with van der Waals surface area (Å²) in [5, 5.41) is 2.58. The third-order valence-corrected chi connectivity index (χ3v) is 2.20. The molecule has 16 heavy (non-hydrogen) atoms. The van der Waals surface area contributed by atoms with Crippen LogP contribution in [-0.4, -0.2) is 19.1 Å². The molecular formula is C11H15FN2O2. The van der Waals surface area contributed by atoms with Crippen LogP contribution >= 0.6 is 0 Å². The summed E-state index contributed by atoms with van der Waals surface area (Å²) in [6.07, 6.45) is 0.537. The second-order valence-corrected chi connectivity index (χ2v) is 3.35. The van der Waals surface area contributed by atoms with E-state index >= 15 is 0 Å². The van der Waals surface area contributed by atoms with Gasteiger partial charge in [-0.1, -0.05) is 6.92 Å². The van der Waals surface area contributed by atoms with Gasteiger partial charge in [-0.05, 0) is 18.6 Å². The fourth-order valence-electron chi connectivity index (χ4n) is 1.18. The molecule has 0 aliphatic carbocycles. The highest BCUT2D eigenvalue weighted by molar-refractivity contribution is 5.95. The van der Waals surface area contributed by atoms with Gasteiger partial charge in [-0.25, -0.2) is 4.39 Å². The molecule has 1 aromatic rings. The molecule has 1 atom stereocenters. The van der Waals surface area contributed by atoms with E-state index in [0.717, 1.165) is 0 Å². The van der Waals surface area contributed by atoms with Crippen LogP contribution in [0.3, 0.4) is 0 Å². The van der Waals surface area contributed by atoms with Gasteiger partial charge in [0.2, 0.25) is 5.91 Å². The van der Waals surface area contributed by atoms with E-state index in [1.807, 2.05) is 6.92 Å². The summed E-state index contributed by atoms with van der Waals surface area (Å²) in [7, 11) is 1.41. The van der Waals surface area contributed by atoms with Gasteiger partial charge in [-0.3, -0.25) is 4.79 Å². The number of amides is 1. The first kappa shape index (κ1) is 12.4. The molecule has 5 heteroatoms. The second-order valence-electron chi connectivity index (χ2n) is 3.35. The molecule has 0 aliphatic rings. The van der Waals surface area contributed by atoms with Crippen LogP contribution in [0.2, 0.25) is 0 Å². The number of carbonyl (C=O) groups excluding carboxylic acids is 1. The van der Waals surface area contributed by atoms with Crippen LogP contribution in [0.1, 0.15) is 13.3 Å². The predicted octanol–water partition coefficient (Wildman–Crippen LogP) is 1.51. The van der Waals surface area contributed by atoms with Gasteiger partial charge in [0, 0.05) is 6.07 Å². The number of nitrogens with two attached hydrogens (primary N) is 1. The third kappa shape index (κ3) is 2.93. The monoisotopic (exact) mass is 226 g/mol. The summed E-state index contributed by atoms with van der Waals surface area (Å²) < 4.78 is 17.8. The van der Waals surface area contributed by atoms with Gasteiger partial charge in [0.25, 0.3) is 0 Å². The Balaban J connectivity index is 2.84. The van der Waals surface area contributed by atoms with Crippen molar-refractivity contribution in [1.82, 2.24) is 0 Å². The molecule has 0 radical (unpaired) electrons. The van der Waals surface area contributed by atoms with Crippen molar-refractivity contribution in [3.8, 4) is 5.75 Å². The Bertz CT molecular complexity index is 382. The van der Waals surface area contributed by atoms with E-state index in [0.29, 0.717) is 12.1 Å². The molecule has 88 valence electrons. The van der Waals surface area contributed by atoms with Crippen LogP contribution < -0.4 is 15.8 Å². The minimum atomic E-state index is -0.574. The maximum absolute atomic E-state index is 12.9. The van der Waals surface area contributed by atoms with E-state index < -0.39 is 11.9 Å². The van der Waals surface area contributed by atoms with Crippen LogP contribution in [0.15, 0.2) is 18.2 Å². The lowest BCUT2D eigenvalue weighted by Gasteiger charge is -2.12. The minimum Gasteiger partial charge on any atom is -0.494 e. The van der Waals surface area contributed by atoms with Gasteiger partial charge in [-0.15, -0.1) is 0 Å². The summed E-state index contributed by atoms with van der Waals surface area (Å²) >= 11 is 0. The fourth-order valence-corrected chi connectivity index (χ4v) is 1.18. The number of rotatable bonds is 4. The molecule has 1 amide bonds. The van der Waals surface area contributed by atoms with Crippen molar-refractivity contribution < 1.29 is 13.9 Å². The maximum Gasteiger partial charge on any atom is 0.241 e. The van der Waals surface area contributed by atoms with Gasteiger partial charge in [0.1, 0.15) is 11.6 Å². The number of nitrogens with one attached hydrogen (secondary N) is 1. The van der Waals surface area contributed by atoms with Crippen molar-refractivity contribution in [3.63, 3.8) is 0 Å². The van der Waals surface area contributed by atoms with Gasteiger partial charge in [-0.2, -0.15) is 0 Å². The number of ether oxygens (including phenoxy) is 1. The lowest BCUT2D eigenvalue weighted by molar-refractivity contribution is -0.117. The smallest absolute Gasteiger partial charge is 0.241 e. The number of anilines is 1. The van der Waals surface area contributed by atoms with E-state index in [-0.39, 0.29) is 11.7 Å². The third-order valence-electron chi connectivity index (χ3n) is 2.20. The van der Waals surface area contributed by atoms with Crippen LogP contribution in [0.5, 0.6) is 5.75 Å². The first-order valence-electron chi connectivity index (χ1n) is 4.98. The van der Waals surface area contributed by atoms with Crippen LogP contribution in [0.4, 0.5) is 10.1 Å². The zero-order valence-electron chi connectivity index (χ0n) is 9.29. The molecule has 4 nitrogen and oxygen atoms in total. The van der Waals surface area contributed by atoms with Crippen LogP contribution in [-0.2, 0) is 4.79 Å². The standard InChI is InChI=1S/C11H15FN2O2/c1-3-8(13)11(15)14-9-5-4-7(12)6-10(9)16-2/h4-6,8H,3,13H2,1-2H3,(H,14,15)/t8-/m1/s1. The summed E-state index contributed by atoms with van der Waals surface area (Å²) in [6, 6.07) is 3.31. The lowest BCUT2D eigenvalue weighted by atomic mass is 10.2. The summed E-state index contributed by atoms with van der Waals surface area (Å²) in [5.74, 6) is -0.460. The summed E-state index contributed by atoms with van der Waals surface area (Å²) in [4.78, 5) is 11.5. The molecule has 1 rings (SSSR count). The topological polar surface area (TPSA) is 64.4 Å². The average Bonchev–Trinajstić information content (AvgIpc) is 2.30. The molecule has 0 spiro atoms. The van der Waals surface area contributed by atoms with Gasteiger partial charge in [0.05, 0.1) is 18.8 Å². The number of halogens is 1. The maximum atomic E-state index is 12.9. The highest BCUT2D eigenvalue weighted by Crippen LogP contribution is 2.24. The number of hydrogen-bond donors (Lipinski definition) is 2. The first-order chi connectivity index (χ1) is 7.58. The molecule has 0 aromatic heterocycles. The van der Waals surface area contributed by atoms with Crippen molar-refractivity contribution >= 4 is 11.6 Å². The average molecular weight is 226 g/mol. The Labute approximate surface area is 93.6 Å². The van der Waals surface area contributed by atoms with Crippen LogP contribution in [0, 0.1) is 5.82 Å². The zero-order chi connectivity index (χ0) is 12.1. The Hall–Kier alpha value is -1.62. The molecule has 0 heterocycles. The SMILES string of the molecule is CC[C@@H](N)C(=O)Nc1ccc(F)cc1OC. The second kappa shape index (κ2) is 5.46. The summed E-state index contributed by atoms with van der Waals surface area (Å²) in [6.45, 7) is 1.81. The van der Waals surface area contributed by atoms with Gasteiger partial charge >= 0.3 is 0 Å². The van der Waals surface area contributed by atoms with Crippen molar-refractivity contribution in [3.05, 3.63) is 24.0 Å². The number of hydrogen-bond acceptors (Lipinski definition) is 3. The summed E-state index contributed by atoms with van der Waals surface area (Å²) in [5.41, 5.74) is 5.97. The number of carbonyl (C=O) groups is 1. The fraction of sp³-hybridized carbons (Fsp3) is 0.364. The molecule has 1 aromatic carbocycles. The quantitative estimate of drug-likeness (QED) is 0.817. The molecular weight excluding hydrogens is 211 g/mol.